The van der Waals surface area contributed by atoms with Gasteiger partial charge in [-0.2, -0.15) is 0 Å². The summed E-state index contributed by atoms with van der Waals surface area (Å²) in [6.07, 6.45) is 5.04. The van der Waals surface area contributed by atoms with Crippen LogP contribution >= 0.6 is 0 Å². The first-order chi connectivity index (χ1) is 11.7. The van der Waals surface area contributed by atoms with Gasteiger partial charge in [-0.1, -0.05) is 0 Å². The molecule has 3 aliphatic rings. The zero-order chi connectivity index (χ0) is 16.5. The van der Waals surface area contributed by atoms with E-state index in [-0.39, 0.29) is 17.9 Å². The van der Waals surface area contributed by atoms with Gasteiger partial charge in [0.1, 0.15) is 12.1 Å². The van der Waals surface area contributed by atoms with Crippen LogP contribution in [-0.4, -0.2) is 55.3 Å². The molecule has 1 aromatic rings. The number of nitrogens with zero attached hydrogens (tertiary/aromatic N) is 3. The first kappa shape index (κ1) is 15.6. The number of carbonyl (C=O) groups excluding carboxylic acids is 1. The van der Waals surface area contributed by atoms with Gasteiger partial charge in [0, 0.05) is 38.2 Å². The maximum Gasteiger partial charge on any atom is 0.225 e. The van der Waals surface area contributed by atoms with Gasteiger partial charge in [0.2, 0.25) is 11.8 Å². The molecule has 2 saturated heterocycles. The van der Waals surface area contributed by atoms with Gasteiger partial charge in [-0.15, -0.1) is 0 Å². The van der Waals surface area contributed by atoms with Gasteiger partial charge >= 0.3 is 0 Å². The molecule has 3 heterocycles. The molecule has 1 saturated carbocycles. The molecule has 0 bridgehead atoms. The molecule has 3 fully saturated rings. The smallest absolute Gasteiger partial charge is 0.225 e. The summed E-state index contributed by atoms with van der Waals surface area (Å²) >= 11 is 0. The van der Waals surface area contributed by atoms with Crippen molar-refractivity contribution in [3.05, 3.63) is 12.4 Å². The number of carbonyl (C=O) groups is 1. The Kier molecular flexibility index (Phi) is 4.26. The molecule has 24 heavy (non-hydrogen) atoms. The van der Waals surface area contributed by atoms with Gasteiger partial charge in [0.15, 0.2) is 0 Å². The van der Waals surface area contributed by atoms with E-state index in [0.29, 0.717) is 24.3 Å². The van der Waals surface area contributed by atoms with E-state index in [1.807, 2.05) is 6.07 Å². The summed E-state index contributed by atoms with van der Waals surface area (Å²) in [4.78, 5) is 23.3. The second kappa shape index (κ2) is 6.55. The first-order valence-corrected chi connectivity index (χ1v) is 8.75. The Morgan fingerprint density at radius 2 is 2.25 bits per heavy atom. The van der Waals surface area contributed by atoms with E-state index in [2.05, 4.69) is 20.2 Å². The Bertz CT molecular complexity index is 607. The second-order valence-corrected chi connectivity index (χ2v) is 6.98. The van der Waals surface area contributed by atoms with Crippen LogP contribution in [0.5, 0.6) is 5.88 Å². The van der Waals surface area contributed by atoms with Crippen molar-refractivity contribution in [3.63, 3.8) is 0 Å². The Morgan fingerprint density at radius 1 is 1.38 bits per heavy atom. The van der Waals surface area contributed by atoms with Crippen LogP contribution in [0.1, 0.15) is 19.3 Å². The van der Waals surface area contributed by atoms with Crippen LogP contribution in [-0.2, 0) is 9.53 Å². The Hall–Kier alpha value is -1.89. The van der Waals surface area contributed by atoms with Crippen molar-refractivity contribution in [1.29, 1.82) is 0 Å². The van der Waals surface area contributed by atoms with Crippen molar-refractivity contribution in [2.24, 2.45) is 17.8 Å². The Labute approximate surface area is 141 Å². The number of piperidine rings is 1. The van der Waals surface area contributed by atoms with Crippen LogP contribution in [0.15, 0.2) is 12.4 Å². The van der Waals surface area contributed by atoms with Crippen LogP contribution in [0.25, 0.3) is 0 Å². The van der Waals surface area contributed by atoms with Gasteiger partial charge in [-0.05, 0) is 25.2 Å². The molecule has 0 unspecified atom stereocenters. The third kappa shape index (κ3) is 3.17. The molecular formula is C17H24N4O3. The molecular weight excluding hydrogens is 308 g/mol. The summed E-state index contributed by atoms with van der Waals surface area (Å²) < 4.78 is 11.1. The number of hydrogen-bond acceptors (Lipinski definition) is 6. The molecule has 3 atom stereocenters. The summed E-state index contributed by atoms with van der Waals surface area (Å²) in [5.74, 6) is 2.43. The van der Waals surface area contributed by atoms with Crippen molar-refractivity contribution in [2.75, 3.05) is 38.3 Å². The molecule has 4 rings (SSSR count). The minimum absolute atomic E-state index is 0.0500. The van der Waals surface area contributed by atoms with E-state index >= 15 is 0 Å². The lowest BCUT2D eigenvalue weighted by Crippen LogP contribution is -2.53. The molecule has 1 aromatic heterocycles. The SMILES string of the molecule is COc1cc(N2C[C@H](C(=O)NCC3CC3)[C@@H]3CCO[C@@H]3C2)ncn1. The van der Waals surface area contributed by atoms with E-state index in [0.717, 1.165) is 31.9 Å². The highest BCUT2D eigenvalue weighted by atomic mass is 16.5. The molecule has 0 aromatic carbocycles. The molecule has 0 radical (unpaired) electrons. The average molecular weight is 332 g/mol. The monoisotopic (exact) mass is 332 g/mol. The number of aromatic nitrogens is 2. The molecule has 7 nitrogen and oxygen atoms in total. The number of fused-ring (bicyclic) bond motifs is 1. The Morgan fingerprint density at radius 3 is 3.04 bits per heavy atom. The van der Waals surface area contributed by atoms with Crippen LogP contribution in [0, 0.1) is 17.8 Å². The van der Waals surface area contributed by atoms with Crippen molar-refractivity contribution < 1.29 is 14.3 Å². The van der Waals surface area contributed by atoms with E-state index in [4.69, 9.17) is 9.47 Å². The molecule has 1 aliphatic carbocycles. The first-order valence-electron chi connectivity index (χ1n) is 8.75. The zero-order valence-corrected chi connectivity index (χ0v) is 14.0. The topological polar surface area (TPSA) is 76.6 Å². The minimum atomic E-state index is -0.0500. The summed E-state index contributed by atoms with van der Waals surface area (Å²) in [7, 11) is 1.59. The fourth-order valence-electron chi connectivity index (χ4n) is 3.75. The summed E-state index contributed by atoms with van der Waals surface area (Å²) in [6.45, 7) is 2.98. The highest BCUT2D eigenvalue weighted by Crippen LogP contribution is 2.36. The largest absolute Gasteiger partial charge is 0.481 e. The van der Waals surface area contributed by atoms with E-state index in [1.165, 1.54) is 19.2 Å². The molecule has 1 N–H and O–H groups in total. The maximum atomic E-state index is 12.7. The highest BCUT2D eigenvalue weighted by molar-refractivity contribution is 5.80. The Balaban J connectivity index is 1.50. The maximum absolute atomic E-state index is 12.7. The van der Waals surface area contributed by atoms with E-state index < -0.39 is 0 Å². The highest BCUT2D eigenvalue weighted by Gasteiger charge is 2.44. The fraction of sp³-hybridized carbons (Fsp3) is 0.706. The molecule has 1 amide bonds. The number of rotatable bonds is 5. The number of hydrogen-bond donors (Lipinski definition) is 1. The standard InChI is InChI=1S/C17H24N4O3/c1-23-16-6-15(19-10-20-16)21-8-13(12-4-5-24-14(12)9-21)17(22)18-7-11-2-3-11/h6,10-14H,2-5,7-9H2,1H3,(H,18,22)/t12-,13-,14+/m0/s1. The minimum Gasteiger partial charge on any atom is -0.481 e. The molecule has 2 aliphatic heterocycles. The third-order valence-corrected chi connectivity index (χ3v) is 5.35. The number of anilines is 1. The number of methoxy groups -OCH3 is 1. The molecule has 7 heteroatoms. The fourth-order valence-corrected chi connectivity index (χ4v) is 3.75. The van der Waals surface area contributed by atoms with Crippen LogP contribution in [0.2, 0.25) is 0 Å². The lowest BCUT2D eigenvalue weighted by atomic mass is 9.82. The average Bonchev–Trinajstić information content (AvgIpc) is 3.33. The normalized spacial score (nSPS) is 29.2. The quantitative estimate of drug-likeness (QED) is 0.861. The van der Waals surface area contributed by atoms with Crippen LogP contribution in [0.4, 0.5) is 5.82 Å². The predicted molar refractivity (Wildman–Crippen MR) is 87.9 cm³/mol. The van der Waals surface area contributed by atoms with E-state index in [1.54, 1.807) is 7.11 Å². The van der Waals surface area contributed by atoms with Gasteiger partial charge in [-0.25, -0.2) is 9.97 Å². The van der Waals surface area contributed by atoms with Gasteiger partial charge in [-0.3, -0.25) is 4.79 Å². The lowest BCUT2D eigenvalue weighted by molar-refractivity contribution is -0.127. The van der Waals surface area contributed by atoms with Crippen LogP contribution < -0.4 is 15.0 Å². The number of ether oxygens (including phenoxy) is 2. The molecule has 130 valence electrons. The van der Waals surface area contributed by atoms with Crippen molar-refractivity contribution in [1.82, 2.24) is 15.3 Å². The van der Waals surface area contributed by atoms with Crippen molar-refractivity contribution in [2.45, 2.75) is 25.4 Å². The van der Waals surface area contributed by atoms with Crippen LogP contribution in [0.3, 0.4) is 0 Å². The number of amides is 1. The third-order valence-electron chi connectivity index (χ3n) is 5.35. The van der Waals surface area contributed by atoms with Gasteiger partial charge in [0.05, 0.1) is 19.1 Å². The van der Waals surface area contributed by atoms with Gasteiger partial charge in [0.25, 0.3) is 0 Å². The van der Waals surface area contributed by atoms with E-state index in [9.17, 15) is 4.79 Å². The summed E-state index contributed by atoms with van der Waals surface area (Å²) in [6, 6.07) is 1.81. The summed E-state index contributed by atoms with van der Waals surface area (Å²) in [5.41, 5.74) is 0. The van der Waals surface area contributed by atoms with Crippen molar-refractivity contribution >= 4 is 11.7 Å². The number of nitrogens with one attached hydrogen (secondary N) is 1. The lowest BCUT2D eigenvalue weighted by Gasteiger charge is -2.39. The van der Waals surface area contributed by atoms with Crippen molar-refractivity contribution in [3.8, 4) is 5.88 Å². The summed E-state index contributed by atoms with van der Waals surface area (Å²) in [5, 5.41) is 3.14. The zero-order valence-electron chi connectivity index (χ0n) is 14.0. The predicted octanol–water partition coefficient (Wildman–Crippen LogP) is 0.853. The molecule has 0 spiro atoms. The second-order valence-electron chi connectivity index (χ2n) is 6.98. The van der Waals surface area contributed by atoms with Gasteiger partial charge < -0.3 is 19.7 Å².